The summed E-state index contributed by atoms with van der Waals surface area (Å²) in [5.74, 6) is 3.58. The molecule has 0 aliphatic heterocycles. The van der Waals surface area contributed by atoms with Gasteiger partial charge in [-0.05, 0) is 52.3 Å². The van der Waals surface area contributed by atoms with Crippen LogP contribution in [0.4, 0.5) is 0 Å². The van der Waals surface area contributed by atoms with Crippen molar-refractivity contribution < 1.29 is 26.8 Å². The maximum absolute atomic E-state index is 11.2. The van der Waals surface area contributed by atoms with E-state index in [0.29, 0.717) is 5.75 Å². The Morgan fingerprint density at radius 1 is 0.821 bits per heavy atom. The molecule has 0 spiro atoms. The van der Waals surface area contributed by atoms with E-state index in [4.69, 9.17) is 0 Å². The monoisotopic (exact) mass is 439 g/mol. The summed E-state index contributed by atoms with van der Waals surface area (Å²) in [6, 6.07) is 4.46. The van der Waals surface area contributed by atoms with Crippen molar-refractivity contribution >= 4 is 13.3 Å². The smallest absolute Gasteiger partial charge is 0.508 e. The first-order valence-corrected chi connectivity index (χ1v) is 12.7. The molecule has 2 rings (SSSR count). The van der Waals surface area contributed by atoms with Crippen molar-refractivity contribution in [3.63, 3.8) is 0 Å². The summed E-state index contributed by atoms with van der Waals surface area (Å²) in [4.78, 5) is 0. The maximum atomic E-state index is 11.2. The maximum Gasteiger partial charge on any atom is 3.00 e. The number of phenols is 1. The molecule has 1 fully saturated rings. The molecular weight excluding hydrogens is 392 g/mol. The first kappa shape index (κ1) is 32.6. The van der Waals surface area contributed by atoms with Gasteiger partial charge in [-0.2, -0.15) is 0 Å². The molecule has 1 radical (unpaired) electrons. The van der Waals surface area contributed by atoms with Crippen molar-refractivity contribution in [2.24, 2.45) is 23.7 Å². The van der Waals surface area contributed by atoms with E-state index in [0.717, 1.165) is 34.8 Å². The third-order valence-corrected chi connectivity index (χ3v) is 11.7. The van der Waals surface area contributed by atoms with Crippen LogP contribution in [0.3, 0.4) is 0 Å². The third-order valence-electron chi connectivity index (χ3n) is 7.21. The van der Waals surface area contributed by atoms with Gasteiger partial charge in [-0.1, -0.05) is 79.3 Å². The molecule has 0 bridgehead atoms. The van der Waals surface area contributed by atoms with Crippen LogP contribution < -0.4 is 5.19 Å². The van der Waals surface area contributed by atoms with Crippen LogP contribution in [0.25, 0.3) is 0 Å². The molecule has 1 N–H and O–H groups in total. The molecule has 1 nitrogen and oxygen atoms in total. The fourth-order valence-corrected chi connectivity index (χ4v) is 10.4. The molecule has 1 aromatic rings. The molecule has 0 aromatic heterocycles. The number of aromatic hydroxyl groups is 1. The number of hydrogen-bond acceptors (Lipinski definition) is 1. The quantitative estimate of drug-likeness (QED) is 0.382. The van der Waals surface area contributed by atoms with Crippen molar-refractivity contribution in [3.8, 4) is 5.75 Å². The number of aryl methyl sites for hydroxylation is 1. The van der Waals surface area contributed by atoms with E-state index in [1.54, 1.807) is 0 Å². The summed E-state index contributed by atoms with van der Waals surface area (Å²) in [5.41, 5.74) is 3.09. The fraction of sp³-hybridized carbons (Fsp3) is 0.640. The van der Waals surface area contributed by atoms with Crippen LogP contribution in [0, 0.1) is 52.9 Å². The Kier molecular flexibility index (Phi) is 12.6. The number of benzene rings is 1. The van der Waals surface area contributed by atoms with Crippen molar-refractivity contribution in [2.75, 3.05) is 0 Å². The Hall–Kier alpha value is -0.0488. The van der Waals surface area contributed by atoms with Gasteiger partial charge in [-0.25, -0.2) is 0 Å². The summed E-state index contributed by atoms with van der Waals surface area (Å²) in [5, 5.41) is 12.5. The molecule has 4 unspecified atom stereocenters. The molecule has 1 aliphatic rings. The summed E-state index contributed by atoms with van der Waals surface area (Å²) >= 11 is 0. The minimum atomic E-state index is -1.79. The molecule has 0 saturated heterocycles. The zero-order valence-electron chi connectivity index (χ0n) is 21.0. The number of rotatable bonds is 2. The molecule has 28 heavy (non-hydrogen) atoms. The number of phenolic OH excluding ortho intramolecular Hbond substituents is 1. The Morgan fingerprint density at radius 2 is 1.21 bits per heavy atom. The van der Waals surface area contributed by atoms with Gasteiger partial charge in [0.05, 0.1) is 8.07 Å². The second-order valence-electron chi connectivity index (χ2n) is 10.1. The van der Waals surface area contributed by atoms with E-state index in [2.05, 4.69) is 80.6 Å². The van der Waals surface area contributed by atoms with E-state index >= 15 is 0 Å². The van der Waals surface area contributed by atoms with Gasteiger partial charge in [0.25, 0.3) is 0 Å². The van der Waals surface area contributed by atoms with Gasteiger partial charge in [0.1, 0.15) is 5.75 Å². The SMILES string of the molecule is Cc1cc(C(C)(C)C)c(O)c([Si](C)(C)C2C(C)C(C)C(C)C2C)c1.[CH3-].[CH3-].[CH3-].[Ti+3]. The Labute approximate surface area is 194 Å². The van der Waals surface area contributed by atoms with Gasteiger partial charge < -0.3 is 27.4 Å². The minimum absolute atomic E-state index is 0. The van der Waals surface area contributed by atoms with Crippen LogP contribution >= 0.6 is 0 Å². The van der Waals surface area contributed by atoms with Gasteiger partial charge in [0.15, 0.2) is 0 Å². The van der Waals surface area contributed by atoms with Crippen LogP contribution in [0.1, 0.15) is 59.6 Å². The molecule has 4 atom stereocenters. The van der Waals surface area contributed by atoms with Crippen LogP contribution in [0.15, 0.2) is 12.1 Å². The van der Waals surface area contributed by atoms with Gasteiger partial charge in [-0.15, -0.1) is 0 Å². The zero-order chi connectivity index (χ0) is 18.6. The molecule has 1 aromatic carbocycles. The average Bonchev–Trinajstić information content (AvgIpc) is 2.64. The van der Waals surface area contributed by atoms with E-state index in [1.165, 1.54) is 10.8 Å². The van der Waals surface area contributed by atoms with Crippen molar-refractivity contribution in [2.45, 2.75) is 79.4 Å². The van der Waals surface area contributed by atoms with Crippen molar-refractivity contribution in [1.82, 2.24) is 0 Å². The van der Waals surface area contributed by atoms with Gasteiger partial charge >= 0.3 is 21.7 Å². The van der Waals surface area contributed by atoms with Crippen LogP contribution in [-0.4, -0.2) is 13.2 Å². The molecular formula is C25H47OSiTi. The van der Waals surface area contributed by atoms with Crippen LogP contribution in [-0.2, 0) is 27.1 Å². The largest absolute Gasteiger partial charge is 3.00 e. The summed E-state index contributed by atoms with van der Waals surface area (Å²) in [7, 11) is -1.79. The average molecular weight is 440 g/mol. The van der Waals surface area contributed by atoms with Gasteiger partial charge in [-0.3, -0.25) is 0 Å². The predicted octanol–water partition coefficient (Wildman–Crippen LogP) is 7.19. The standard InChI is InChI=1S/C22H38OSi.3CH3.Ti/c1-13-11-18(22(6,7)8)20(23)19(12-13)24(9,10)21-16(4)14(2)15(3)17(21)5;;;;/h11-12,14-17,21,23H,1-10H3;3*1H3;/q;3*-1;+3. The predicted molar refractivity (Wildman–Crippen MR) is 128 cm³/mol. The van der Waals surface area contributed by atoms with Crippen LogP contribution in [0.5, 0.6) is 5.75 Å². The zero-order valence-corrected chi connectivity index (χ0v) is 23.6. The van der Waals surface area contributed by atoms with Gasteiger partial charge in [0.2, 0.25) is 0 Å². The van der Waals surface area contributed by atoms with Crippen LogP contribution in [0.2, 0.25) is 18.6 Å². The topological polar surface area (TPSA) is 20.2 Å². The van der Waals surface area contributed by atoms with E-state index in [-0.39, 0.29) is 49.4 Å². The Morgan fingerprint density at radius 3 is 1.57 bits per heavy atom. The summed E-state index contributed by atoms with van der Waals surface area (Å²) < 4.78 is 0. The van der Waals surface area contributed by atoms with E-state index < -0.39 is 8.07 Å². The van der Waals surface area contributed by atoms with E-state index in [9.17, 15) is 5.11 Å². The molecule has 0 heterocycles. The molecule has 3 heteroatoms. The minimum Gasteiger partial charge on any atom is -0.508 e. The molecule has 161 valence electrons. The second-order valence-corrected chi connectivity index (χ2v) is 14.8. The third kappa shape index (κ3) is 5.55. The normalized spacial score (nSPS) is 27.0. The molecule has 1 aliphatic carbocycles. The van der Waals surface area contributed by atoms with E-state index in [1.807, 2.05) is 0 Å². The van der Waals surface area contributed by atoms with Gasteiger partial charge in [0, 0.05) is 0 Å². The molecule has 0 amide bonds. The Balaban J connectivity index is -0.00000156. The Bertz CT molecular complexity index is 604. The second kappa shape index (κ2) is 10.8. The number of hydrogen-bond donors (Lipinski definition) is 1. The van der Waals surface area contributed by atoms with Crippen molar-refractivity contribution in [1.29, 1.82) is 0 Å². The first-order chi connectivity index (χ1) is 10.8. The summed E-state index contributed by atoms with van der Waals surface area (Å²) in [6.07, 6.45) is 0. The summed E-state index contributed by atoms with van der Waals surface area (Å²) in [6.45, 7) is 23.5. The molecule has 1 saturated carbocycles. The fourth-order valence-electron chi connectivity index (χ4n) is 5.43. The first-order valence-electron chi connectivity index (χ1n) is 9.64. The van der Waals surface area contributed by atoms with Crippen molar-refractivity contribution in [3.05, 3.63) is 45.5 Å².